The Morgan fingerprint density at radius 2 is 1.39 bits per heavy atom. The van der Waals surface area contributed by atoms with E-state index in [0.29, 0.717) is 169 Å². The number of rotatable bonds is 44. The van der Waals surface area contributed by atoms with Crippen LogP contribution in [0.2, 0.25) is 0 Å². The summed E-state index contributed by atoms with van der Waals surface area (Å²) >= 11 is 0. The number of benzene rings is 2. The maximum Gasteiger partial charge on any atom is 0.407 e. The number of carbonyl (C=O) groups is 6. The van der Waals surface area contributed by atoms with Crippen molar-refractivity contribution < 1.29 is 90.4 Å². The SMILES string of the molecule is CC[C@@]1(O)C(=O)OCc2c1cc1n(c2=O)Cc2c-1nc1cc(F)c(C)c3c1c2[C@@H](NC(=O)OCc1ccc(NC(=O)[C@H](CCCNC(N)=O)NC(=O)[C@@H](NC(=O)CCOCCOCCOCCOCCOCCOCCOCCOCCOCCN=[N+]=[N-])C(C)C)cc1)CC3. The van der Waals surface area contributed by atoms with Gasteiger partial charge in [0.2, 0.25) is 17.7 Å². The molecule has 4 atom stereocenters. The first-order chi connectivity index (χ1) is 45.9. The normalized spacial score (nSPS) is 15.8. The molecule has 8 N–H and O–H groups in total. The van der Waals surface area contributed by atoms with Crippen LogP contribution >= 0.6 is 0 Å². The number of nitrogens with one attached hydrogen (secondary N) is 5. The van der Waals surface area contributed by atoms with E-state index in [0.717, 1.165) is 5.56 Å². The van der Waals surface area contributed by atoms with Gasteiger partial charge < -0.3 is 94.1 Å². The molecule has 0 radical (unpaired) electrons. The van der Waals surface area contributed by atoms with Gasteiger partial charge in [-0.3, -0.25) is 19.2 Å². The Kier molecular flexibility index (Phi) is 30.2. The number of primary amides is 1. The third kappa shape index (κ3) is 21.8. The van der Waals surface area contributed by atoms with Crippen LogP contribution in [0.25, 0.3) is 32.7 Å². The van der Waals surface area contributed by atoms with Gasteiger partial charge in [-0.25, -0.2) is 23.8 Å². The van der Waals surface area contributed by atoms with Gasteiger partial charge in [0, 0.05) is 52.7 Å². The number of azide groups is 1. The number of aromatic nitrogens is 2. The van der Waals surface area contributed by atoms with Crippen molar-refractivity contribution in [1.29, 1.82) is 0 Å². The lowest BCUT2D eigenvalue weighted by molar-refractivity contribution is -0.172. The molecule has 520 valence electrons. The summed E-state index contributed by atoms with van der Waals surface area (Å²) in [4.78, 5) is 100. The van der Waals surface area contributed by atoms with Crippen LogP contribution in [0.5, 0.6) is 0 Å². The fourth-order valence-corrected chi connectivity index (χ4v) is 11.0. The fourth-order valence-electron chi connectivity index (χ4n) is 11.0. The Bertz CT molecular complexity index is 3350. The van der Waals surface area contributed by atoms with E-state index in [2.05, 4.69) is 36.6 Å². The van der Waals surface area contributed by atoms with Crippen molar-refractivity contribution in [3.8, 4) is 11.4 Å². The second kappa shape index (κ2) is 38.6. The van der Waals surface area contributed by atoms with Crippen LogP contribution in [0.3, 0.4) is 0 Å². The van der Waals surface area contributed by atoms with E-state index >= 15 is 4.39 Å². The molecule has 95 heavy (non-hydrogen) atoms. The van der Waals surface area contributed by atoms with Crippen LogP contribution in [0, 0.1) is 18.7 Å². The summed E-state index contributed by atoms with van der Waals surface area (Å²) < 4.78 is 77.1. The highest BCUT2D eigenvalue weighted by Gasteiger charge is 2.46. The number of aliphatic hydroxyl groups is 1. The van der Waals surface area contributed by atoms with Crippen molar-refractivity contribution in [3.63, 3.8) is 0 Å². The standard InChI is InChI=1S/C64H88FN11O19/c1-5-64(84)47-35-52-57-45(37-76(52)60(80)46(47)39-94-61(64)81)55-49(13-12-44-41(4)48(65)36-51(71-57)54(44)55)73-63(83)95-38-42-8-10-43(11-9-42)70-58(78)50(7-6-15-68-62(66)82)72-59(79)56(40(2)3)74-53(77)14-17-85-19-21-87-23-25-89-27-29-91-31-33-93-34-32-92-30-28-90-26-24-88-22-20-86-18-16-69-75-67/h8-11,35-36,40,49-50,56,84H,5-7,12-34,37-39H2,1-4H3,(H,70,78)(H,72,79)(H,73,83)(H,74,77)(H3,66,68,82)/t49-,50-,56-,64-/m0/s1. The van der Waals surface area contributed by atoms with Crippen LogP contribution in [0.15, 0.2) is 46.3 Å². The number of amides is 6. The average molecular weight is 1330 g/mol. The van der Waals surface area contributed by atoms with Gasteiger partial charge in [-0.2, -0.15) is 0 Å². The predicted octanol–water partition coefficient (Wildman–Crippen LogP) is 4.30. The lowest BCUT2D eigenvalue weighted by Gasteiger charge is -2.31. The van der Waals surface area contributed by atoms with Crippen LogP contribution in [0.1, 0.15) is 97.9 Å². The van der Waals surface area contributed by atoms with E-state index in [4.69, 9.17) is 68.4 Å². The first-order valence-corrected chi connectivity index (χ1v) is 31.9. The molecule has 4 heterocycles. The van der Waals surface area contributed by atoms with Crippen LogP contribution in [-0.2, 0) is 103 Å². The van der Waals surface area contributed by atoms with Gasteiger partial charge in [-0.1, -0.05) is 38.0 Å². The second-order valence-electron chi connectivity index (χ2n) is 22.8. The van der Waals surface area contributed by atoms with Crippen LogP contribution in [0.4, 0.5) is 19.7 Å². The summed E-state index contributed by atoms with van der Waals surface area (Å²) in [5.74, 6) is -3.32. The molecule has 0 bridgehead atoms. The maximum atomic E-state index is 15.5. The first-order valence-electron chi connectivity index (χ1n) is 31.9. The van der Waals surface area contributed by atoms with E-state index in [-0.39, 0.29) is 88.9 Å². The molecule has 0 fully saturated rings. The van der Waals surface area contributed by atoms with Crippen molar-refractivity contribution in [2.45, 2.75) is 110 Å². The molecule has 3 aliphatic rings. The zero-order valence-corrected chi connectivity index (χ0v) is 54.3. The van der Waals surface area contributed by atoms with Crippen molar-refractivity contribution in [1.82, 2.24) is 30.8 Å². The summed E-state index contributed by atoms with van der Waals surface area (Å²) in [7, 11) is 0. The van der Waals surface area contributed by atoms with Gasteiger partial charge in [0.05, 0.1) is 154 Å². The molecule has 0 saturated carbocycles. The third-order valence-electron chi connectivity index (χ3n) is 16.0. The number of hydrogen-bond acceptors (Lipinski definition) is 21. The number of ether oxygens (including phenoxy) is 11. The number of anilines is 1. The molecule has 0 unspecified atom stereocenters. The fraction of sp³-hybridized carbons (Fsp3) is 0.594. The minimum Gasteiger partial charge on any atom is -0.458 e. The highest BCUT2D eigenvalue weighted by molar-refractivity contribution is 5.99. The molecule has 30 nitrogen and oxygen atoms in total. The maximum absolute atomic E-state index is 15.5. The van der Waals surface area contributed by atoms with Gasteiger partial charge >= 0.3 is 18.1 Å². The summed E-state index contributed by atoms with van der Waals surface area (Å²) in [5.41, 5.74) is 15.6. The van der Waals surface area contributed by atoms with Crippen molar-refractivity contribution in [3.05, 3.63) is 102 Å². The molecular formula is C64H88FN11O19. The van der Waals surface area contributed by atoms with Gasteiger partial charge in [-0.05, 0) is 90.9 Å². The second-order valence-corrected chi connectivity index (χ2v) is 22.8. The number of hydrogen-bond donors (Lipinski definition) is 7. The average Bonchev–Trinajstić information content (AvgIpc) is 1.62. The molecule has 0 saturated heterocycles. The highest BCUT2D eigenvalue weighted by Crippen LogP contribution is 2.46. The summed E-state index contributed by atoms with van der Waals surface area (Å²) in [5, 5.41) is 29.2. The molecule has 31 heteroatoms. The zero-order valence-electron chi connectivity index (χ0n) is 54.3. The van der Waals surface area contributed by atoms with E-state index in [1.807, 2.05) is 0 Å². The number of aryl methyl sites for hydroxylation is 1. The van der Waals surface area contributed by atoms with Gasteiger partial charge in [-0.15, -0.1) is 0 Å². The highest BCUT2D eigenvalue weighted by atomic mass is 19.1. The van der Waals surface area contributed by atoms with Gasteiger partial charge in [0.1, 0.15) is 31.1 Å². The monoisotopic (exact) mass is 1330 g/mol. The zero-order chi connectivity index (χ0) is 68.1. The summed E-state index contributed by atoms with van der Waals surface area (Å²) in [6, 6.07) is 5.87. The van der Waals surface area contributed by atoms with E-state index < -0.39 is 70.9 Å². The molecule has 2 aliphatic heterocycles. The van der Waals surface area contributed by atoms with E-state index in [1.54, 1.807) is 58.0 Å². The van der Waals surface area contributed by atoms with Crippen LogP contribution in [-0.4, -0.2) is 195 Å². The Labute approximate surface area is 548 Å². The Balaban J connectivity index is 0.781. The number of carbonyl (C=O) groups excluding carboxylic acids is 6. The number of cyclic esters (lactones) is 1. The lowest BCUT2D eigenvalue weighted by atomic mass is 9.81. The smallest absolute Gasteiger partial charge is 0.407 e. The first kappa shape index (κ1) is 74.5. The Morgan fingerprint density at radius 1 is 0.811 bits per heavy atom. The van der Waals surface area contributed by atoms with E-state index in [9.17, 15) is 38.7 Å². The predicted molar refractivity (Wildman–Crippen MR) is 340 cm³/mol. The number of fused-ring (bicyclic) bond motifs is 5. The quantitative estimate of drug-likeness (QED) is 0.00939. The third-order valence-corrected chi connectivity index (χ3v) is 16.0. The van der Waals surface area contributed by atoms with E-state index in [1.165, 1.54) is 10.6 Å². The number of esters is 1. The van der Waals surface area contributed by atoms with Crippen LogP contribution < -0.4 is 37.9 Å². The lowest BCUT2D eigenvalue weighted by Crippen LogP contribution is -2.54. The Hall–Kier alpha value is -7.94. The number of pyridine rings is 2. The topological polar surface area (TPSA) is 394 Å². The van der Waals surface area contributed by atoms with Gasteiger partial charge in [0.25, 0.3) is 5.56 Å². The van der Waals surface area contributed by atoms with Crippen molar-refractivity contribution >= 4 is 52.4 Å². The molecule has 2 aromatic heterocycles. The molecule has 7 rings (SSSR count). The number of halogens is 1. The Morgan fingerprint density at radius 3 is 1.95 bits per heavy atom. The molecular weight excluding hydrogens is 1250 g/mol. The minimum atomic E-state index is -2.05. The summed E-state index contributed by atoms with van der Waals surface area (Å²) in [6.45, 7) is 13.4. The van der Waals surface area contributed by atoms with Crippen molar-refractivity contribution in [2.24, 2.45) is 16.8 Å². The minimum absolute atomic E-state index is 0.0450. The molecule has 1 aliphatic carbocycles. The molecule has 6 amide bonds. The molecule has 0 spiro atoms. The number of urea groups is 1. The largest absolute Gasteiger partial charge is 0.458 e. The number of nitrogens with two attached hydrogens (primary N) is 1. The van der Waals surface area contributed by atoms with Crippen molar-refractivity contribution in [2.75, 3.05) is 137 Å². The molecule has 4 aromatic rings. The number of nitrogens with zero attached hydrogens (tertiary/aromatic N) is 5. The van der Waals surface area contributed by atoms with Gasteiger partial charge in [0.15, 0.2) is 5.60 Å². The molecule has 2 aromatic carbocycles. The number of alkyl carbamates (subject to hydrolysis) is 1. The summed E-state index contributed by atoms with van der Waals surface area (Å²) in [6.07, 6.45) is 0.279.